The third-order valence-electron chi connectivity index (χ3n) is 2.67. The van der Waals surface area contributed by atoms with Crippen LogP contribution in [0.4, 0.5) is 4.39 Å². The highest BCUT2D eigenvalue weighted by Crippen LogP contribution is 2.10. The van der Waals surface area contributed by atoms with Crippen molar-refractivity contribution in [3.05, 3.63) is 35.1 Å². The molecule has 1 atom stereocenters. The summed E-state index contributed by atoms with van der Waals surface area (Å²) in [6, 6.07) is 3.12. The van der Waals surface area contributed by atoms with Gasteiger partial charge in [-0.05, 0) is 25.1 Å². The van der Waals surface area contributed by atoms with Gasteiger partial charge in [-0.1, -0.05) is 11.8 Å². The molecular weight excluding hydrogens is 275 g/mol. The molecule has 0 heterocycles. The molecule has 0 fully saturated rings. The number of aliphatic hydroxyl groups excluding tert-OH is 1. The molecule has 3 N–H and O–H groups in total. The van der Waals surface area contributed by atoms with Crippen LogP contribution in [0.1, 0.15) is 29.3 Å². The Morgan fingerprint density at radius 2 is 2.14 bits per heavy atom. The molecule has 1 aromatic carbocycles. The number of halogens is 1. The zero-order valence-corrected chi connectivity index (χ0v) is 11.9. The lowest BCUT2D eigenvalue weighted by Gasteiger charge is -2.12. The first kappa shape index (κ1) is 16.7. The number of amides is 2. The maximum atomic E-state index is 13.7. The zero-order valence-electron chi connectivity index (χ0n) is 11.9. The van der Waals surface area contributed by atoms with Crippen LogP contribution >= 0.6 is 0 Å². The second-order valence-electron chi connectivity index (χ2n) is 4.28. The van der Waals surface area contributed by atoms with Crippen LogP contribution in [0.3, 0.4) is 0 Å². The van der Waals surface area contributed by atoms with E-state index in [1.165, 1.54) is 26.1 Å². The third kappa shape index (κ3) is 4.89. The number of carbonyl (C=O) groups is 2. The summed E-state index contributed by atoms with van der Waals surface area (Å²) in [5.74, 6) is 3.66. The van der Waals surface area contributed by atoms with E-state index in [1.54, 1.807) is 0 Å². The van der Waals surface area contributed by atoms with Gasteiger partial charge in [0.05, 0.1) is 12.2 Å². The topological polar surface area (TPSA) is 78.4 Å². The summed E-state index contributed by atoms with van der Waals surface area (Å²) in [7, 11) is 1.45. The van der Waals surface area contributed by atoms with Gasteiger partial charge in [0, 0.05) is 19.0 Å². The van der Waals surface area contributed by atoms with E-state index in [1.807, 2.05) is 0 Å². The van der Waals surface area contributed by atoms with Crippen LogP contribution in [0.15, 0.2) is 18.2 Å². The molecule has 0 saturated heterocycles. The largest absolute Gasteiger partial charge is 0.395 e. The second-order valence-corrected chi connectivity index (χ2v) is 4.28. The number of carbonyl (C=O) groups excluding carboxylic acids is 2. The van der Waals surface area contributed by atoms with Gasteiger partial charge in [0.25, 0.3) is 5.91 Å². The Morgan fingerprint density at radius 1 is 1.43 bits per heavy atom. The number of benzene rings is 1. The normalized spacial score (nSPS) is 11.0. The fourth-order valence-electron chi connectivity index (χ4n) is 1.55. The van der Waals surface area contributed by atoms with Crippen molar-refractivity contribution in [1.29, 1.82) is 0 Å². The molecule has 1 aromatic rings. The van der Waals surface area contributed by atoms with Gasteiger partial charge in [0.1, 0.15) is 11.9 Å². The molecule has 2 amide bonds. The minimum absolute atomic E-state index is 0.0643. The molecule has 6 heteroatoms. The van der Waals surface area contributed by atoms with Crippen LogP contribution in [-0.4, -0.2) is 36.6 Å². The number of hydrogen-bond donors (Lipinski definition) is 3. The Kier molecular flexibility index (Phi) is 6.37. The number of nitrogens with one attached hydrogen (secondary N) is 2. The SMILES string of the molecule is CNC(=O)C(C)NC(=O)c1cc(C#CCCO)ccc1F. The van der Waals surface area contributed by atoms with Crippen LogP contribution in [0, 0.1) is 17.7 Å². The smallest absolute Gasteiger partial charge is 0.254 e. The minimum atomic E-state index is -0.772. The van der Waals surface area contributed by atoms with Crippen LogP contribution in [0.25, 0.3) is 0 Å². The van der Waals surface area contributed by atoms with Crippen molar-refractivity contribution >= 4 is 11.8 Å². The minimum Gasteiger partial charge on any atom is -0.395 e. The summed E-state index contributed by atoms with van der Waals surface area (Å²) < 4.78 is 13.7. The molecule has 1 unspecified atom stereocenters. The molecule has 21 heavy (non-hydrogen) atoms. The highest BCUT2D eigenvalue weighted by atomic mass is 19.1. The highest BCUT2D eigenvalue weighted by molar-refractivity contribution is 5.97. The first-order chi connectivity index (χ1) is 9.99. The Bertz CT molecular complexity index is 590. The summed E-state index contributed by atoms with van der Waals surface area (Å²) in [6.45, 7) is 1.44. The average Bonchev–Trinajstić information content (AvgIpc) is 2.48. The summed E-state index contributed by atoms with van der Waals surface area (Å²) in [6.07, 6.45) is 0.298. The van der Waals surface area contributed by atoms with E-state index < -0.39 is 17.8 Å². The third-order valence-corrected chi connectivity index (χ3v) is 2.67. The monoisotopic (exact) mass is 292 g/mol. The van der Waals surface area contributed by atoms with Crippen LogP contribution in [-0.2, 0) is 4.79 Å². The van der Waals surface area contributed by atoms with E-state index in [0.29, 0.717) is 12.0 Å². The molecule has 0 aliphatic rings. The molecule has 0 aliphatic heterocycles. The van der Waals surface area contributed by atoms with Crippen molar-refractivity contribution in [2.45, 2.75) is 19.4 Å². The second kappa shape index (κ2) is 8.02. The Labute approximate surface area is 122 Å². The van der Waals surface area contributed by atoms with Crippen LogP contribution in [0.2, 0.25) is 0 Å². The van der Waals surface area contributed by atoms with Gasteiger partial charge < -0.3 is 15.7 Å². The lowest BCUT2D eigenvalue weighted by atomic mass is 10.1. The quantitative estimate of drug-likeness (QED) is 0.704. The van der Waals surface area contributed by atoms with Gasteiger partial charge in [-0.15, -0.1) is 0 Å². The molecule has 0 aliphatic carbocycles. The van der Waals surface area contributed by atoms with E-state index in [4.69, 9.17) is 5.11 Å². The van der Waals surface area contributed by atoms with E-state index in [9.17, 15) is 14.0 Å². The van der Waals surface area contributed by atoms with Crippen molar-refractivity contribution in [3.63, 3.8) is 0 Å². The summed E-state index contributed by atoms with van der Waals surface area (Å²) >= 11 is 0. The van der Waals surface area contributed by atoms with Crippen molar-refractivity contribution in [2.24, 2.45) is 0 Å². The maximum Gasteiger partial charge on any atom is 0.254 e. The fourth-order valence-corrected chi connectivity index (χ4v) is 1.55. The van der Waals surface area contributed by atoms with Gasteiger partial charge in [-0.25, -0.2) is 4.39 Å². The molecule has 0 radical (unpaired) electrons. The molecule has 0 saturated carbocycles. The van der Waals surface area contributed by atoms with Crippen molar-refractivity contribution < 1.29 is 19.1 Å². The van der Waals surface area contributed by atoms with Gasteiger partial charge >= 0.3 is 0 Å². The van der Waals surface area contributed by atoms with Crippen LogP contribution < -0.4 is 10.6 Å². The zero-order chi connectivity index (χ0) is 15.8. The molecule has 0 bridgehead atoms. The Hall–Kier alpha value is -2.39. The van der Waals surface area contributed by atoms with Crippen molar-refractivity contribution in [1.82, 2.24) is 10.6 Å². The maximum absolute atomic E-state index is 13.7. The number of hydrogen-bond acceptors (Lipinski definition) is 3. The van der Waals surface area contributed by atoms with Crippen LogP contribution in [0.5, 0.6) is 0 Å². The standard InChI is InChI=1S/C15H17FN2O3/c1-10(14(20)17-2)18-15(21)12-9-11(5-3-4-8-19)6-7-13(12)16/h6-7,9-10,19H,4,8H2,1-2H3,(H,17,20)(H,18,21). The lowest BCUT2D eigenvalue weighted by Crippen LogP contribution is -2.43. The van der Waals surface area contributed by atoms with E-state index >= 15 is 0 Å². The molecular formula is C15H17FN2O3. The average molecular weight is 292 g/mol. The molecule has 112 valence electrons. The van der Waals surface area contributed by atoms with Crippen molar-refractivity contribution in [3.8, 4) is 11.8 Å². The summed E-state index contributed by atoms with van der Waals surface area (Å²) in [4.78, 5) is 23.3. The van der Waals surface area contributed by atoms with E-state index in [0.717, 1.165) is 6.07 Å². The van der Waals surface area contributed by atoms with Gasteiger partial charge in [-0.3, -0.25) is 9.59 Å². The first-order valence-corrected chi connectivity index (χ1v) is 6.41. The van der Waals surface area contributed by atoms with E-state index in [2.05, 4.69) is 22.5 Å². The van der Waals surface area contributed by atoms with Crippen molar-refractivity contribution in [2.75, 3.05) is 13.7 Å². The molecule has 1 rings (SSSR count). The predicted octanol–water partition coefficient (Wildman–Crippen LogP) is 0.424. The molecule has 0 spiro atoms. The predicted molar refractivity (Wildman–Crippen MR) is 76.0 cm³/mol. The molecule has 0 aromatic heterocycles. The van der Waals surface area contributed by atoms with Gasteiger partial charge in [0.2, 0.25) is 5.91 Å². The first-order valence-electron chi connectivity index (χ1n) is 6.41. The Balaban J connectivity index is 2.91. The Morgan fingerprint density at radius 3 is 2.76 bits per heavy atom. The van der Waals surface area contributed by atoms with Gasteiger partial charge in [0.15, 0.2) is 0 Å². The number of rotatable bonds is 4. The number of likely N-dealkylation sites (N-methyl/N-ethyl adjacent to an activating group) is 1. The van der Waals surface area contributed by atoms with Gasteiger partial charge in [-0.2, -0.15) is 0 Å². The summed E-state index contributed by atoms with van der Waals surface area (Å²) in [5, 5.41) is 13.4. The summed E-state index contributed by atoms with van der Waals surface area (Å²) in [5.41, 5.74) is 0.282. The fraction of sp³-hybridized carbons (Fsp3) is 0.333. The highest BCUT2D eigenvalue weighted by Gasteiger charge is 2.18. The lowest BCUT2D eigenvalue weighted by molar-refractivity contribution is -0.122. The molecule has 5 nitrogen and oxygen atoms in total. The number of aliphatic hydroxyl groups is 1. The van der Waals surface area contributed by atoms with E-state index in [-0.39, 0.29) is 18.1 Å².